The summed E-state index contributed by atoms with van der Waals surface area (Å²) < 4.78 is 0. The van der Waals surface area contributed by atoms with E-state index in [9.17, 15) is 15.0 Å². The summed E-state index contributed by atoms with van der Waals surface area (Å²) in [5, 5.41) is 18.8. The molecule has 1 amide bonds. The molecule has 2 aromatic rings. The Morgan fingerprint density at radius 2 is 1.58 bits per heavy atom. The lowest BCUT2D eigenvalue weighted by molar-refractivity contribution is 0.0778. The molecule has 0 unspecified atom stereocenters. The Bertz CT molecular complexity index is 716. The largest absolute Gasteiger partial charge is 0.396 e. The molecule has 2 aromatic carbocycles. The molecule has 3 rings (SSSR count). The van der Waals surface area contributed by atoms with Crippen LogP contribution in [0, 0.1) is 18.8 Å². The van der Waals surface area contributed by atoms with Gasteiger partial charge >= 0.3 is 0 Å². The van der Waals surface area contributed by atoms with Crippen molar-refractivity contribution in [3.05, 3.63) is 59.7 Å². The minimum atomic E-state index is -0.0427. The third kappa shape index (κ3) is 3.35. The van der Waals surface area contributed by atoms with E-state index in [4.69, 9.17) is 0 Å². The topological polar surface area (TPSA) is 60.8 Å². The Morgan fingerprint density at radius 3 is 2.17 bits per heavy atom. The van der Waals surface area contributed by atoms with Crippen LogP contribution in [-0.4, -0.2) is 47.3 Å². The van der Waals surface area contributed by atoms with E-state index < -0.39 is 0 Å². The van der Waals surface area contributed by atoms with Gasteiger partial charge < -0.3 is 15.1 Å². The number of amides is 1. The fourth-order valence-corrected chi connectivity index (χ4v) is 3.36. The molecule has 24 heavy (non-hydrogen) atoms. The molecule has 0 bridgehead atoms. The molecule has 2 N–H and O–H groups in total. The highest BCUT2D eigenvalue weighted by molar-refractivity contribution is 5.95. The van der Waals surface area contributed by atoms with Gasteiger partial charge in [-0.05, 0) is 30.2 Å². The van der Waals surface area contributed by atoms with Crippen LogP contribution in [0.1, 0.15) is 15.9 Å². The quantitative estimate of drug-likeness (QED) is 0.907. The predicted molar refractivity (Wildman–Crippen MR) is 93.7 cm³/mol. The van der Waals surface area contributed by atoms with E-state index in [1.54, 1.807) is 4.90 Å². The first-order valence-electron chi connectivity index (χ1n) is 8.30. The summed E-state index contributed by atoms with van der Waals surface area (Å²) in [6.45, 7) is 3.04. The molecule has 2 atom stereocenters. The van der Waals surface area contributed by atoms with Crippen LogP contribution in [0.4, 0.5) is 0 Å². The first-order chi connectivity index (χ1) is 11.6. The molecular weight excluding hydrogens is 302 g/mol. The number of rotatable bonds is 4. The molecule has 126 valence electrons. The summed E-state index contributed by atoms with van der Waals surface area (Å²) in [6, 6.07) is 15.8. The van der Waals surface area contributed by atoms with Gasteiger partial charge in [0.05, 0.1) is 0 Å². The van der Waals surface area contributed by atoms with Gasteiger partial charge in [0.2, 0.25) is 0 Å². The van der Waals surface area contributed by atoms with Crippen LogP contribution in [0.25, 0.3) is 11.1 Å². The fourth-order valence-electron chi connectivity index (χ4n) is 3.36. The normalized spacial score (nSPS) is 20.4. The molecule has 0 saturated carbocycles. The Balaban J connectivity index is 1.83. The fraction of sp³-hybridized carbons (Fsp3) is 0.350. The number of aryl methyl sites for hydroxylation is 1. The standard InChI is InChI=1S/C20H23NO3/c1-14-4-2-5-15(8-14)16-6-3-7-17(9-16)20(24)21-10-18(12-22)19(11-21)13-23/h2-9,18-19,22-23H,10-13H2,1H3/t18-,19-/m0/s1. The van der Waals surface area contributed by atoms with E-state index in [1.807, 2.05) is 49.4 Å². The number of nitrogens with zero attached hydrogens (tertiary/aromatic N) is 1. The minimum absolute atomic E-state index is 0.00165. The Kier molecular flexibility index (Phi) is 4.97. The lowest BCUT2D eigenvalue weighted by Crippen LogP contribution is -2.29. The lowest BCUT2D eigenvalue weighted by Gasteiger charge is -2.17. The van der Waals surface area contributed by atoms with Crippen molar-refractivity contribution in [3.63, 3.8) is 0 Å². The summed E-state index contributed by atoms with van der Waals surface area (Å²) in [4.78, 5) is 14.5. The van der Waals surface area contributed by atoms with Crippen molar-refractivity contribution in [1.82, 2.24) is 4.90 Å². The monoisotopic (exact) mass is 325 g/mol. The molecular formula is C20H23NO3. The molecule has 4 heteroatoms. The molecule has 0 spiro atoms. The van der Waals surface area contributed by atoms with Crippen molar-refractivity contribution in [2.75, 3.05) is 26.3 Å². The van der Waals surface area contributed by atoms with Gasteiger partial charge in [-0.2, -0.15) is 0 Å². The molecule has 1 heterocycles. The van der Waals surface area contributed by atoms with Gasteiger partial charge in [-0.3, -0.25) is 4.79 Å². The van der Waals surface area contributed by atoms with Gasteiger partial charge in [0.25, 0.3) is 5.91 Å². The van der Waals surface area contributed by atoms with E-state index in [0.29, 0.717) is 18.7 Å². The predicted octanol–water partition coefficient (Wildman–Crippen LogP) is 2.33. The van der Waals surface area contributed by atoms with Gasteiger partial charge in [0.15, 0.2) is 0 Å². The number of aliphatic hydroxyl groups is 2. The van der Waals surface area contributed by atoms with Crippen LogP contribution in [0.2, 0.25) is 0 Å². The number of hydrogen-bond donors (Lipinski definition) is 2. The Morgan fingerprint density at radius 1 is 1.00 bits per heavy atom. The van der Waals surface area contributed by atoms with E-state index in [2.05, 4.69) is 6.07 Å². The maximum Gasteiger partial charge on any atom is 0.253 e. The number of benzene rings is 2. The second-order valence-corrected chi connectivity index (χ2v) is 6.55. The summed E-state index contributed by atoms with van der Waals surface area (Å²) in [5.41, 5.74) is 3.93. The van der Waals surface area contributed by atoms with Crippen LogP contribution in [-0.2, 0) is 0 Å². The maximum absolute atomic E-state index is 12.8. The minimum Gasteiger partial charge on any atom is -0.396 e. The van der Waals surface area contributed by atoms with Gasteiger partial charge in [-0.1, -0.05) is 42.0 Å². The molecule has 0 aliphatic carbocycles. The number of aliphatic hydroxyl groups excluding tert-OH is 2. The van der Waals surface area contributed by atoms with Crippen molar-refractivity contribution in [1.29, 1.82) is 0 Å². The third-order valence-corrected chi connectivity index (χ3v) is 4.79. The number of carbonyl (C=O) groups excluding carboxylic acids is 1. The van der Waals surface area contributed by atoms with Crippen LogP contribution < -0.4 is 0 Å². The first kappa shape index (κ1) is 16.7. The second kappa shape index (κ2) is 7.16. The van der Waals surface area contributed by atoms with Crippen molar-refractivity contribution in [3.8, 4) is 11.1 Å². The molecule has 1 aliphatic heterocycles. The average Bonchev–Trinajstić information content (AvgIpc) is 3.04. The number of likely N-dealkylation sites (tertiary alicyclic amines) is 1. The van der Waals surface area contributed by atoms with Crippen molar-refractivity contribution >= 4 is 5.91 Å². The van der Waals surface area contributed by atoms with Gasteiger partial charge in [-0.25, -0.2) is 0 Å². The van der Waals surface area contributed by atoms with Crippen molar-refractivity contribution in [2.24, 2.45) is 11.8 Å². The molecule has 1 saturated heterocycles. The zero-order valence-electron chi connectivity index (χ0n) is 13.9. The average molecular weight is 325 g/mol. The summed E-state index contributed by atoms with van der Waals surface area (Å²) >= 11 is 0. The lowest BCUT2D eigenvalue weighted by atomic mass is 9.98. The number of carbonyl (C=O) groups is 1. The smallest absolute Gasteiger partial charge is 0.253 e. The van der Waals surface area contributed by atoms with E-state index in [1.165, 1.54) is 5.56 Å². The summed E-state index contributed by atoms with van der Waals surface area (Å²) in [6.07, 6.45) is 0. The number of hydrogen-bond acceptors (Lipinski definition) is 3. The molecule has 0 radical (unpaired) electrons. The van der Waals surface area contributed by atoms with Gasteiger partial charge in [0.1, 0.15) is 0 Å². The third-order valence-electron chi connectivity index (χ3n) is 4.79. The highest BCUT2D eigenvalue weighted by Crippen LogP contribution is 2.26. The van der Waals surface area contributed by atoms with E-state index in [-0.39, 0.29) is 31.0 Å². The molecule has 4 nitrogen and oxygen atoms in total. The Hall–Kier alpha value is -2.17. The highest BCUT2D eigenvalue weighted by Gasteiger charge is 2.34. The Labute approximate surface area is 142 Å². The molecule has 1 fully saturated rings. The van der Waals surface area contributed by atoms with Crippen LogP contribution in [0.3, 0.4) is 0 Å². The van der Waals surface area contributed by atoms with Crippen LogP contribution >= 0.6 is 0 Å². The van der Waals surface area contributed by atoms with E-state index >= 15 is 0 Å². The van der Waals surface area contributed by atoms with Crippen molar-refractivity contribution in [2.45, 2.75) is 6.92 Å². The zero-order valence-corrected chi connectivity index (χ0v) is 13.9. The zero-order chi connectivity index (χ0) is 17.1. The van der Waals surface area contributed by atoms with E-state index in [0.717, 1.165) is 11.1 Å². The van der Waals surface area contributed by atoms with Gasteiger partial charge in [0, 0.05) is 43.7 Å². The maximum atomic E-state index is 12.8. The second-order valence-electron chi connectivity index (χ2n) is 6.55. The summed E-state index contributed by atoms with van der Waals surface area (Å²) in [7, 11) is 0. The first-order valence-corrected chi connectivity index (χ1v) is 8.30. The van der Waals surface area contributed by atoms with Gasteiger partial charge in [-0.15, -0.1) is 0 Å². The van der Waals surface area contributed by atoms with Crippen LogP contribution in [0.5, 0.6) is 0 Å². The van der Waals surface area contributed by atoms with Crippen LogP contribution in [0.15, 0.2) is 48.5 Å². The SMILES string of the molecule is Cc1cccc(-c2cccc(C(=O)N3C[C@@H](CO)[C@H](CO)C3)c2)c1. The highest BCUT2D eigenvalue weighted by atomic mass is 16.3. The summed E-state index contributed by atoms with van der Waals surface area (Å²) in [5.74, 6) is -0.128. The molecule has 0 aromatic heterocycles. The molecule has 1 aliphatic rings. The van der Waals surface area contributed by atoms with Crippen molar-refractivity contribution < 1.29 is 15.0 Å².